The van der Waals surface area contributed by atoms with Crippen molar-refractivity contribution >= 4 is 12.6 Å². The lowest BCUT2D eigenvalue weighted by Gasteiger charge is -2.13. The number of terminal acetylenes is 1. The van der Waals surface area contributed by atoms with E-state index in [1.54, 1.807) is 0 Å². The van der Waals surface area contributed by atoms with Gasteiger partial charge in [-0.25, -0.2) is 0 Å². The zero-order valence-corrected chi connectivity index (χ0v) is 16.7. The monoisotopic (exact) mass is 342 g/mol. The van der Waals surface area contributed by atoms with Crippen LogP contribution in [0.5, 0.6) is 0 Å². The summed E-state index contributed by atoms with van der Waals surface area (Å²) in [7, 11) is 0. The fourth-order valence-electron chi connectivity index (χ4n) is 1.96. The first-order chi connectivity index (χ1) is 11.6. The van der Waals surface area contributed by atoms with Crippen molar-refractivity contribution in [2.24, 2.45) is 0 Å². The van der Waals surface area contributed by atoms with Crippen LogP contribution in [0.15, 0.2) is 66.3 Å². The Morgan fingerprint density at radius 3 is 2.29 bits per heavy atom. The summed E-state index contributed by atoms with van der Waals surface area (Å²) in [6, 6.07) is 10.4. The van der Waals surface area contributed by atoms with Crippen molar-refractivity contribution in [2.45, 2.75) is 58.6 Å². The molecule has 1 unspecified atom stereocenters. The van der Waals surface area contributed by atoms with E-state index in [9.17, 15) is 0 Å². The number of rotatable bonds is 8. The van der Waals surface area contributed by atoms with Gasteiger partial charge < -0.3 is 0 Å². The largest absolute Gasteiger partial charge is 0.171 e. The molecule has 132 valence electrons. The van der Waals surface area contributed by atoms with Crippen molar-refractivity contribution in [1.29, 1.82) is 0 Å². The van der Waals surface area contributed by atoms with Crippen LogP contribution in [-0.2, 0) is 0 Å². The molecule has 1 aromatic carbocycles. The summed E-state index contributed by atoms with van der Waals surface area (Å²) in [5, 5.41) is 0.225. The van der Waals surface area contributed by atoms with Gasteiger partial charge in [0.25, 0.3) is 0 Å². The van der Waals surface area contributed by atoms with E-state index in [-0.39, 0.29) is 5.25 Å². The maximum atomic E-state index is 4.69. The van der Waals surface area contributed by atoms with Gasteiger partial charge in [-0.15, -0.1) is 12.8 Å². The summed E-state index contributed by atoms with van der Waals surface area (Å²) >= 11 is 4.69. The molecule has 0 bridgehead atoms. The van der Waals surface area contributed by atoms with Crippen LogP contribution in [0, 0.1) is 12.8 Å². The molecule has 0 aromatic heterocycles. The Morgan fingerprint density at radius 2 is 1.75 bits per heavy atom. The lowest BCUT2D eigenvalue weighted by Crippen LogP contribution is -1.94. The van der Waals surface area contributed by atoms with Gasteiger partial charge in [-0.05, 0) is 31.7 Å². The molecule has 0 heterocycles. The Bertz CT molecular complexity index is 491. The lowest BCUT2D eigenvalue weighted by atomic mass is 9.99. The number of benzene rings is 1. The number of unbranched alkanes of at least 4 members (excludes halogenated alkanes) is 1. The van der Waals surface area contributed by atoms with Gasteiger partial charge in [0, 0.05) is 5.25 Å². The summed E-state index contributed by atoms with van der Waals surface area (Å²) in [6.07, 6.45) is 19.0. The predicted octanol–water partition coefficient (Wildman–Crippen LogP) is 7.57. The summed E-state index contributed by atoms with van der Waals surface area (Å²) in [5.74, 6) is 0. The minimum Gasteiger partial charge on any atom is -0.171 e. The molecule has 24 heavy (non-hydrogen) atoms. The van der Waals surface area contributed by atoms with Crippen LogP contribution in [0.1, 0.15) is 64.2 Å². The molecule has 0 saturated carbocycles. The highest BCUT2D eigenvalue weighted by atomic mass is 32.1. The molecule has 1 aromatic rings. The van der Waals surface area contributed by atoms with E-state index in [1.165, 1.54) is 29.6 Å². The van der Waals surface area contributed by atoms with Crippen molar-refractivity contribution in [3.05, 3.63) is 71.8 Å². The van der Waals surface area contributed by atoms with E-state index in [0.29, 0.717) is 0 Å². The van der Waals surface area contributed by atoms with Gasteiger partial charge in [-0.3, -0.25) is 0 Å². The number of hydrogen-bond donors (Lipinski definition) is 1. The average molecular weight is 343 g/mol. The fourth-order valence-corrected chi connectivity index (χ4v) is 2.35. The third-order valence-corrected chi connectivity index (χ3v) is 3.84. The molecule has 1 atom stereocenters. The lowest BCUT2D eigenvalue weighted by molar-refractivity contribution is 0.929. The minimum absolute atomic E-state index is 0.225. The molecular formula is C23H34S. The second kappa shape index (κ2) is 17.7. The third kappa shape index (κ3) is 11.9. The first-order valence-corrected chi connectivity index (χ1v) is 9.23. The van der Waals surface area contributed by atoms with Gasteiger partial charge in [0.1, 0.15) is 0 Å². The first kappa shape index (κ1) is 24.6. The molecule has 1 rings (SSSR count). The van der Waals surface area contributed by atoms with Gasteiger partial charge in [0.2, 0.25) is 0 Å². The number of thiol groups is 1. The molecule has 0 N–H and O–H groups in total. The Labute approximate surface area is 156 Å². The third-order valence-electron chi connectivity index (χ3n) is 3.36. The zero-order chi connectivity index (χ0) is 18.8. The van der Waals surface area contributed by atoms with Crippen LogP contribution in [0.25, 0.3) is 0 Å². The Morgan fingerprint density at radius 1 is 1.17 bits per heavy atom. The van der Waals surface area contributed by atoms with E-state index in [1.807, 2.05) is 19.9 Å². The highest BCUT2D eigenvalue weighted by molar-refractivity contribution is 7.80. The predicted molar refractivity (Wildman–Crippen MR) is 116 cm³/mol. The van der Waals surface area contributed by atoms with Gasteiger partial charge in [0.05, 0.1) is 0 Å². The number of allylic oxidation sites excluding steroid dienone is 5. The molecule has 0 aliphatic heterocycles. The van der Waals surface area contributed by atoms with E-state index in [4.69, 9.17) is 0 Å². The van der Waals surface area contributed by atoms with E-state index in [0.717, 1.165) is 12.8 Å². The van der Waals surface area contributed by atoms with Crippen LogP contribution in [0.2, 0.25) is 0 Å². The van der Waals surface area contributed by atoms with Gasteiger partial charge >= 0.3 is 0 Å². The summed E-state index contributed by atoms with van der Waals surface area (Å²) in [4.78, 5) is 0. The molecule has 0 radical (unpaired) electrons. The molecule has 0 aliphatic carbocycles. The quantitative estimate of drug-likeness (QED) is 0.214. The van der Waals surface area contributed by atoms with Gasteiger partial charge in [-0.2, -0.15) is 12.6 Å². The van der Waals surface area contributed by atoms with Crippen LogP contribution in [0.3, 0.4) is 0 Å². The normalized spacial score (nSPS) is 11.7. The van der Waals surface area contributed by atoms with E-state index in [2.05, 4.69) is 88.4 Å². The molecule has 0 amide bonds. The maximum Gasteiger partial charge on any atom is 0.0307 e. The van der Waals surface area contributed by atoms with Crippen molar-refractivity contribution in [3.8, 4) is 12.8 Å². The van der Waals surface area contributed by atoms with Crippen molar-refractivity contribution in [3.63, 3.8) is 0 Å². The van der Waals surface area contributed by atoms with Crippen molar-refractivity contribution < 1.29 is 0 Å². The summed E-state index contributed by atoms with van der Waals surface area (Å²) in [5.41, 5.74) is 3.71. The van der Waals surface area contributed by atoms with E-state index < -0.39 is 0 Å². The van der Waals surface area contributed by atoms with Crippen LogP contribution in [0.4, 0.5) is 0 Å². The van der Waals surface area contributed by atoms with E-state index >= 15 is 0 Å². The first-order valence-electron chi connectivity index (χ1n) is 8.71. The fraction of sp³-hybridized carbons (Fsp3) is 0.391. The standard InChI is InChI=1S/C19H26S.C2H6.C2H2/c1-4-5-6-7-9-12-16(2)17(3)15-19(20)18-13-10-8-11-14-18;2*1-2/h6-8,10-14,19-20H,3-5,9,15H2,1-2H3;1-2H3;1-2H/b7-6-,16-12+;;. The van der Waals surface area contributed by atoms with Crippen LogP contribution in [-0.4, -0.2) is 0 Å². The summed E-state index contributed by atoms with van der Waals surface area (Å²) in [6.45, 7) is 12.5. The van der Waals surface area contributed by atoms with Crippen LogP contribution < -0.4 is 0 Å². The molecular weight excluding hydrogens is 308 g/mol. The SMILES string of the molecule is C#C.C=C(CC(S)c1ccccc1)/C(C)=C/C/C=C\CCC.CC. The summed E-state index contributed by atoms with van der Waals surface area (Å²) < 4.78 is 0. The minimum atomic E-state index is 0.225. The molecule has 0 spiro atoms. The van der Waals surface area contributed by atoms with Crippen LogP contribution >= 0.6 is 12.6 Å². The average Bonchev–Trinajstić information content (AvgIpc) is 2.65. The molecule has 0 aliphatic rings. The number of hydrogen-bond acceptors (Lipinski definition) is 1. The Hall–Kier alpha value is -1.65. The molecule has 0 nitrogen and oxygen atoms in total. The Kier molecular flexibility index (Phi) is 18.1. The highest BCUT2D eigenvalue weighted by Crippen LogP contribution is 2.29. The second-order valence-corrected chi connectivity index (χ2v) is 5.74. The second-order valence-electron chi connectivity index (χ2n) is 5.12. The van der Waals surface area contributed by atoms with Crippen molar-refractivity contribution in [1.82, 2.24) is 0 Å². The topological polar surface area (TPSA) is 0 Å². The molecule has 0 fully saturated rings. The zero-order valence-electron chi connectivity index (χ0n) is 15.8. The molecule has 0 saturated heterocycles. The van der Waals surface area contributed by atoms with Gasteiger partial charge in [-0.1, -0.05) is 93.5 Å². The van der Waals surface area contributed by atoms with Gasteiger partial charge in [0.15, 0.2) is 0 Å². The smallest absolute Gasteiger partial charge is 0.0307 e. The maximum absolute atomic E-state index is 4.69. The Balaban J connectivity index is 0. The molecule has 1 heteroatoms. The highest BCUT2D eigenvalue weighted by Gasteiger charge is 2.08. The van der Waals surface area contributed by atoms with Crippen molar-refractivity contribution in [2.75, 3.05) is 0 Å².